The highest BCUT2D eigenvalue weighted by Gasteiger charge is 2.35. The Morgan fingerprint density at radius 2 is 2.07 bits per heavy atom. The minimum Gasteiger partial charge on any atom is -0.314 e. The predicted octanol–water partition coefficient (Wildman–Crippen LogP) is 2.17. The van der Waals surface area contributed by atoms with E-state index in [4.69, 9.17) is 0 Å². The topological polar surface area (TPSA) is 29.1 Å². The van der Waals surface area contributed by atoms with Crippen LogP contribution in [0.1, 0.15) is 40.5 Å². The van der Waals surface area contributed by atoms with Crippen molar-refractivity contribution in [2.45, 2.75) is 51.8 Å². The minimum atomic E-state index is -0.620. The largest absolute Gasteiger partial charge is 0.314 e. The van der Waals surface area contributed by atoms with Crippen LogP contribution in [-0.2, 0) is 10.8 Å². The van der Waals surface area contributed by atoms with Gasteiger partial charge in [-0.15, -0.1) is 0 Å². The van der Waals surface area contributed by atoms with Gasteiger partial charge in [-0.25, -0.2) is 0 Å². The Morgan fingerprint density at radius 3 is 2.60 bits per heavy atom. The van der Waals surface area contributed by atoms with Crippen LogP contribution >= 0.6 is 0 Å². The van der Waals surface area contributed by atoms with Crippen molar-refractivity contribution < 1.29 is 4.21 Å². The van der Waals surface area contributed by atoms with E-state index in [1.807, 2.05) is 0 Å². The fourth-order valence-corrected chi connectivity index (χ4v) is 4.47. The van der Waals surface area contributed by atoms with Crippen LogP contribution < -0.4 is 5.32 Å². The summed E-state index contributed by atoms with van der Waals surface area (Å²) in [6, 6.07) is 0.594. The lowest BCUT2D eigenvalue weighted by Crippen LogP contribution is -2.35. The molecule has 3 heteroatoms. The summed E-state index contributed by atoms with van der Waals surface area (Å²) in [5.41, 5.74) is 0. The SMILES string of the molecule is CCNC1CCC(S(=O)CC(C)C)C1C. The van der Waals surface area contributed by atoms with Crippen LogP contribution in [0.4, 0.5) is 0 Å². The van der Waals surface area contributed by atoms with E-state index in [-0.39, 0.29) is 0 Å². The van der Waals surface area contributed by atoms with Gasteiger partial charge in [0.05, 0.1) is 0 Å². The van der Waals surface area contributed by atoms with Gasteiger partial charge in [-0.3, -0.25) is 4.21 Å². The molecule has 0 amide bonds. The zero-order valence-electron chi connectivity index (χ0n) is 10.5. The van der Waals surface area contributed by atoms with Crippen LogP contribution in [-0.4, -0.2) is 27.8 Å². The third-order valence-electron chi connectivity index (χ3n) is 3.28. The van der Waals surface area contributed by atoms with Crippen LogP contribution in [0, 0.1) is 11.8 Å². The van der Waals surface area contributed by atoms with Crippen molar-refractivity contribution in [1.29, 1.82) is 0 Å². The van der Waals surface area contributed by atoms with E-state index in [0.29, 0.717) is 23.1 Å². The molecule has 0 aromatic rings. The van der Waals surface area contributed by atoms with Gasteiger partial charge in [0.2, 0.25) is 0 Å². The second-order valence-electron chi connectivity index (χ2n) is 5.08. The number of nitrogens with one attached hydrogen (secondary N) is 1. The Labute approximate surface area is 96.7 Å². The van der Waals surface area contributed by atoms with Gasteiger partial charge in [0.1, 0.15) is 0 Å². The molecule has 1 rings (SSSR count). The van der Waals surface area contributed by atoms with Crippen LogP contribution in [0.3, 0.4) is 0 Å². The maximum absolute atomic E-state index is 12.1. The molecule has 0 aliphatic heterocycles. The number of hydrogen-bond donors (Lipinski definition) is 1. The zero-order chi connectivity index (χ0) is 11.4. The van der Waals surface area contributed by atoms with E-state index in [0.717, 1.165) is 18.7 Å². The van der Waals surface area contributed by atoms with Crippen molar-refractivity contribution >= 4 is 10.8 Å². The van der Waals surface area contributed by atoms with E-state index < -0.39 is 10.8 Å². The lowest BCUT2D eigenvalue weighted by atomic mass is 10.1. The molecule has 0 heterocycles. The van der Waals surface area contributed by atoms with Gasteiger partial charge in [0, 0.05) is 27.8 Å². The van der Waals surface area contributed by atoms with E-state index in [1.165, 1.54) is 6.42 Å². The molecule has 2 nitrogen and oxygen atoms in total. The van der Waals surface area contributed by atoms with Crippen LogP contribution in [0.5, 0.6) is 0 Å². The smallest absolute Gasteiger partial charge is 0.0389 e. The van der Waals surface area contributed by atoms with E-state index in [9.17, 15) is 4.21 Å². The summed E-state index contributed by atoms with van der Waals surface area (Å²) in [5, 5.41) is 3.93. The van der Waals surface area contributed by atoms with Gasteiger partial charge in [0.15, 0.2) is 0 Å². The van der Waals surface area contributed by atoms with Crippen molar-refractivity contribution in [3.05, 3.63) is 0 Å². The van der Waals surface area contributed by atoms with Gasteiger partial charge >= 0.3 is 0 Å². The first kappa shape index (κ1) is 13.2. The highest BCUT2D eigenvalue weighted by Crippen LogP contribution is 2.30. The minimum absolute atomic E-state index is 0.427. The molecular weight excluding hydrogens is 206 g/mol. The van der Waals surface area contributed by atoms with Crippen LogP contribution in [0.25, 0.3) is 0 Å². The van der Waals surface area contributed by atoms with Gasteiger partial charge in [-0.05, 0) is 31.2 Å². The molecule has 4 unspecified atom stereocenters. The second kappa shape index (κ2) is 6.00. The lowest BCUT2D eigenvalue weighted by molar-refractivity contribution is 0.438. The molecule has 0 aromatic heterocycles. The first-order chi connectivity index (χ1) is 7.06. The summed E-state index contributed by atoms with van der Waals surface area (Å²) in [6.07, 6.45) is 2.33. The molecule has 1 aliphatic carbocycles. The summed E-state index contributed by atoms with van der Waals surface area (Å²) in [6.45, 7) is 9.73. The molecule has 0 saturated heterocycles. The normalized spacial score (nSPS) is 33.5. The Kier molecular flexibility index (Phi) is 5.27. The van der Waals surface area contributed by atoms with Gasteiger partial charge in [-0.1, -0.05) is 27.7 Å². The summed E-state index contributed by atoms with van der Waals surface area (Å²) >= 11 is 0. The van der Waals surface area contributed by atoms with Crippen LogP contribution in [0.2, 0.25) is 0 Å². The average molecular weight is 231 g/mol. The Morgan fingerprint density at radius 1 is 1.40 bits per heavy atom. The van der Waals surface area contributed by atoms with E-state index in [1.54, 1.807) is 0 Å². The number of hydrogen-bond acceptors (Lipinski definition) is 2. The second-order valence-corrected chi connectivity index (χ2v) is 6.78. The Hall–Kier alpha value is 0.110. The van der Waals surface area contributed by atoms with Crippen molar-refractivity contribution in [2.24, 2.45) is 11.8 Å². The van der Waals surface area contributed by atoms with Gasteiger partial charge < -0.3 is 5.32 Å². The third kappa shape index (κ3) is 3.56. The maximum Gasteiger partial charge on any atom is 0.0389 e. The van der Waals surface area contributed by atoms with Crippen molar-refractivity contribution in [3.8, 4) is 0 Å². The molecule has 15 heavy (non-hydrogen) atoms. The lowest BCUT2D eigenvalue weighted by Gasteiger charge is -2.21. The van der Waals surface area contributed by atoms with E-state index in [2.05, 4.69) is 33.0 Å². The molecule has 0 bridgehead atoms. The third-order valence-corrected chi connectivity index (χ3v) is 5.62. The molecule has 1 N–H and O–H groups in total. The summed E-state index contributed by atoms with van der Waals surface area (Å²) in [7, 11) is -0.620. The summed E-state index contributed by atoms with van der Waals surface area (Å²) in [5.74, 6) is 1.99. The molecule has 1 saturated carbocycles. The molecule has 1 fully saturated rings. The molecule has 0 aromatic carbocycles. The summed E-state index contributed by atoms with van der Waals surface area (Å²) < 4.78 is 12.1. The fourth-order valence-electron chi connectivity index (χ4n) is 2.50. The fraction of sp³-hybridized carbons (Fsp3) is 1.00. The molecule has 0 radical (unpaired) electrons. The molecular formula is C12H25NOS. The maximum atomic E-state index is 12.1. The standard InChI is InChI=1S/C12H25NOS/c1-5-13-11-6-7-12(10(11)4)15(14)8-9(2)3/h9-13H,5-8H2,1-4H3. The van der Waals surface area contributed by atoms with Crippen molar-refractivity contribution in [1.82, 2.24) is 5.32 Å². The van der Waals surface area contributed by atoms with Crippen molar-refractivity contribution in [2.75, 3.05) is 12.3 Å². The summed E-state index contributed by atoms with van der Waals surface area (Å²) in [4.78, 5) is 0. The average Bonchev–Trinajstić information content (AvgIpc) is 2.48. The number of rotatable bonds is 5. The molecule has 90 valence electrons. The Balaban J connectivity index is 2.47. The molecule has 1 aliphatic rings. The quantitative estimate of drug-likeness (QED) is 0.785. The highest BCUT2D eigenvalue weighted by molar-refractivity contribution is 7.85. The first-order valence-corrected chi connectivity index (χ1v) is 7.55. The monoisotopic (exact) mass is 231 g/mol. The van der Waals surface area contributed by atoms with Crippen molar-refractivity contribution in [3.63, 3.8) is 0 Å². The molecule has 0 spiro atoms. The van der Waals surface area contributed by atoms with Gasteiger partial charge in [0.25, 0.3) is 0 Å². The Bertz CT molecular complexity index is 218. The first-order valence-electron chi connectivity index (χ1n) is 6.16. The van der Waals surface area contributed by atoms with E-state index >= 15 is 0 Å². The van der Waals surface area contributed by atoms with Crippen LogP contribution in [0.15, 0.2) is 0 Å². The molecule has 4 atom stereocenters. The predicted molar refractivity (Wildman–Crippen MR) is 67.5 cm³/mol. The zero-order valence-corrected chi connectivity index (χ0v) is 11.3. The highest BCUT2D eigenvalue weighted by atomic mass is 32.2. The van der Waals surface area contributed by atoms with Gasteiger partial charge in [-0.2, -0.15) is 0 Å².